The zero-order valence-electron chi connectivity index (χ0n) is 11.5. The Labute approximate surface area is 126 Å². The Bertz CT molecular complexity index is 583. The summed E-state index contributed by atoms with van der Waals surface area (Å²) in [5.74, 6) is -1.73. The van der Waals surface area contributed by atoms with E-state index in [1.807, 2.05) is 0 Å². The van der Waals surface area contributed by atoms with Gasteiger partial charge in [0, 0.05) is 7.11 Å². The van der Waals surface area contributed by atoms with Gasteiger partial charge >= 0.3 is 5.97 Å². The second kappa shape index (κ2) is 7.53. The van der Waals surface area contributed by atoms with E-state index in [1.165, 1.54) is 25.3 Å². The van der Waals surface area contributed by atoms with Gasteiger partial charge in [-0.15, -0.1) is 0 Å². The third kappa shape index (κ3) is 4.67. The van der Waals surface area contributed by atoms with Crippen LogP contribution in [0.25, 0.3) is 6.08 Å². The van der Waals surface area contributed by atoms with Crippen LogP contribution in [0.15, 0.2) is 17.7 Å². The van der Waals surface area contributed by atoms with Gasteiger partial charge in [0.2, 0.25) is 0 Å². The Balaban J connectivity index is 2.99. The molecule has 1 aromatic carbocycles. The Morgan fingerprint density at radius 3 is 2.71 bits per heavy atom. The fraction of sp³-hybridized carbons (Fsp3) is 0.286. The largest absolute Gasteiger partial charge is 0.504 e. The highest BCUT2D eigenvalue weighted by molar-refractivity contribution is 6.32. The van der Waals surface area contributed by atoms with E-state index >= 15 is 0 Å². The Morgan fingerprint density at radius 1 is 1.52 bits per heavy atom. The number of nitriles is 1. The second-order valence-corrected chi connectivity index (χ2v) is 4.62. The third-order valence-electron chi connectivity index (χ3n) is 2.43. The summed E-state index contributed by atoms with van der Waals surface area (Å²) in [4.78, 5) is 11.8. The SMILES string of the molecule is COC[C@H](C)OC(=O)/C(C#N)=C/c1cc(O)c(O)c(Cl)c1. The van der Waals surface area contributed by atoms with E-state index in [0.29, 0.717) is 0 Å². The summed E-state index contributed by atoms with van der Waals surface area (Å²) >= 11 is 5.70. The lowest BCUT2D eigenvalue weighted by atomic mass is 10.1. The number of carbonyl (C=O) groups excluding carboxylic acids is 1. The average molecular weight is 312 g/mol. The van der Waals surface area contributed by atoms with Crippen LogP contribution >= 0.6 is 11.6 Å². The summed E-state index contributed by atoms with van der Waals surface area (Å²) in [6, 6.07) is 4.19. The quantitative estimate of drug-likeness (QED) is 0.374. The zero-order chi connectivity index (χ0) is 16.0. The number of hydrogen-bond donors (Lipinski definition) is 2. The van der Waals surface area contributed by atoms with Crippen LogP contribution in [-0.2, 0) is 14.3 Å². The van der Waals surface area contributed by atoms with Crippen LogP contribution in [0.5, 0.6) is 11.5 Å². The number of aromatic hydroxyl groups is 2. The summed E-state index contributed by atoms with van der Waals surface area (Å²) in [6.07, 6.45) is 0.698. The molecule has 0 saturated heterocycles. The van der Waals surface area contributed by atoms with Crippen LogP contribution in [0.4, 0.5) is 0 Å². The number of esters is 1. The summed E-state index contributed by atoms with van der Waals surface area (Å²) in [5.41, 5.74) is 0.0160. The molecule has 7 heteroatoms. The molecule has 2 N–H and O–H groups in total. The van der Waals surface area contributed by atoms with E-state index in [2.05, 4.69) is 0 Å². The molecular weight excluding hydrogens is 298 g/mol. The van der Waals surface area contributed by atoms with Crippen molar-refractivity contribution in [1.29, 1.82) is 5.26 Å². The molecule has 0 unspecified atom stereocenters. The highest BCUT2D eigenvalue weighted by atomic mass is 35.5. The van der Waals surface area contributed by atoms with Crippen molar-refractivity contribution >= 4 is 23.6 Å². The normalized spacial score (nSPS) is 12.6. The van der Waals surface area contributed by atoms with Crippen LogP contribution in [-0.4, -0.2) is 36.0 Å². The monoisotopic (exact) mass is 311 g/mol. The van der Waals surface area contributed by atoms with Crippen LogP contribution in [0.1, 0.15) is 12.5 Å². The summed E-state index contributed by atoms with van der Waals surface area (Å²) in [5, 5.41) is 27.7. The molecule has 0 fully saturated rings. The predicted molar refractivity (Wildman–Crippen MR) is 75.8 cm³/mol. The minimum atomic E-state index is -0.814. The molecule has 0 amide bonds. The molecule has 0 aliphatic heterocycles. The number of hydrogen-bond acceptors (Lipinski definition) is 6. The fourth-order valence-corrected chi connectivity index (χ4v) is 1.73. The predicted octanol–water partition coefficient (Wildman–Crippen LogP) is 2.24. The van der Waals surface area contributed by atoms with Crippen molar-refractivity contribution in [3.8, 4) is 17.6 Å². The van der Waals surface area contributed by atoms with E-state index in [-0.39, 0.29) is 22.8 Å². The van der Waals surface area contributed by atoms with Crippen LogP contribution in [0.3, 0.4) is 0 Å². The average Bonchev–Trinajstić information content (AvgIpc) is 2.42. The van der Waals surface area contributed by atoms with Gasteiger partial charge in [-0.1, -0.05) is 11.6 Å². The maximum atomic E-state index is 11.8. The molecule has 1 atom stereocenters. The Kier molecular flexibility index (Phi) is 6.03. The molecule has 6 nitrogen and oxygen atoms in total. The molecule has 21 heavy (non-hydrogen) atoms. The topological polar surface area (TPSA) is 99.8 Å². The first-order valence-electron chi connectivity index (χ1n) is 5.92. The van der Waals surface area contributed by atoms with Crippen molar-refractivity contribution in [3.63, 3.8) is 0 Å². The van der Waals surface area contributed by atoms with Gasteiger partial charge in [0.05, 0.1) is 11.6 Å². The summed E-state index contributed by atoms with van der Waals surface area (Å²) < 4.78 is 9.82. The Hall–Kier alpha value is -2.23. The number of ether oxygens (including phenoxy) is 2. The number of phenols is 2. The van der Waals surface area contributed by atoms with Crippen LogP contribution in [0, 0.1) is 11.3 Å². The lowest BCUT2D eigenvalue weighted by Crippen LogP contribution is -2.20. The van der Waals surface area contributed by atoms with Gasteiger partial charge in [0.25, 0.3) is 0 Å². The first-order valence-corrected chi connectivity index (χ1v) is 6.30. The lowest BCUT2D eigenvalue weighted by Gasteiger charge is -2.11. The van der Waals surface area contributed by atoms with E-state index in [4.69, 9.17) is 26.3 Å². The van der Waals surface area contributed by atoms with Crippen molar-refractivity contribution in [2.45, 2.75) is 13.0 Å². The highest BCUT2D eigenvalue weighted by Crippen LogP contribution is 2.34. The van der Waals surface area contributed by atoms with E-state index in [9.17, 15) is 15.0 Å². The van der Waals surface area contributed by atoms with Gasteiger partial charge in [-0.25, -0.2) is 4.79 Å². The molecule has 0 saturated carbocycles. The van der Waals surface area contributed by atoms with E-state index in [0.717, 1.165) is 0 Å². The Morgan fingerprint density at radius 2 is 2.19 bits per heavy atom. The first kappa shape index (κ1) is 16.8. The van der Waals surface area contributed by atoms with Gasteiger partial charge in [0.15, 0.2) is 11.5 Å². The van der Waals surface area contributed by atoms with Crippen molar-refractivity contribution in [3.05, 3.63) is 28.3 Å². The molecule has 0 aliphatic carbocycles. The van der Waals surface area contributed by atoms with Crippen molar-refractivity contribution in [2.24, 2.45) is 0 Å². The molecule has 112 valence electrons. The van der Waals surface area contributed by atoms with Crippen molar-refractivity contribution in [2.75, 3.05) is 13.7 Å². The van der Waals surface area contributed by atoms with Crippen molar-refractivity contribution in [1.82, 2.24) is 0 Å². The smallest absolute Gasteiger partial charge is 0.349 e. The minimum Gasteiger partial charge on any atom is -0.504 e. The molecule has 0 heterocycles. The van der Waals surface area contributed by atoms with Gasteiger partial charge < -0.3 is 19.7 Å². The maximum Gasteiger partial charge on any atom is 0.349 e. The molecule has 0 aromatic heterocycles. The maximum absolute atomic E-state index is 11.8. The molecule has 1 rings (SSSR count). The standard InChI is InChI=1S/C14H14ClNO5/c1-8(7-20-2)21-14(19)10(6-16)3-9-4-11(15)13(18)12(17)5-9/h3-5,8,17-18H,7H2,1-2H3/b10-3+/t8-/m0/s1. The number of phenolic OH excluding ortho intramolecular Hbond substituents is 2. The molecule has 0 radical (unpaired) electrons. The van der Waals surface area contributed by atoms with Crippen LogP contribution in [0.2, 0.25) is 5.02 Å². The number of methoxy groups -OCH3 is 1. The number of carbonyl (C=O) groups is 1. The molecule has 0 aliphatic rings. The number of halogens is 1. The van der Waals surface area contributed by atoms with Gasteiger partial charge in [-0.05, 0) is 30.7 Å². The molecular formula is C14H14ClNO5. The number of rotatable bonds is 5. The summed E-state index contributed by atoms with van der Waals surface area (Å²) in [7, 11) is 1.46. The number of nitrogens with zero attached hydrogens (tertiary/aromatic N) is 1. The van der Waals surface area contributed by atoms with Gasteiger partial charge in [-0.2, -0.15) is 5.26 Å². The van der Waals surface area contributed by atoms with Crippen molar-refractivity contribution < 1.29 is 24.5 Å². The van der Waals surface area contributed by atoms with E-state index in [1.54, 1.807) is 13.0 Å². The first-order chi connectivity index (χ1) is 9.88. The summed E-state index contributed by atoms with van der Waals surface area (Å²) in [6.45, 7) is 1.83. The van der Waals surface area contributed by atoms with Crippen LogP contribution < -0.4 is 0 Å². The third-order valence-corrected chi connectivity index (χ3v) is 2.71. The molecule has 1 aromatic rings. The number of benzene rings is 1. The zero-order valence-corrected chi connectivity index (χ0v) is 12.2. The lowest BCUT2D eigenvalue weighted by molar-refractivity contribution is -0.145. The molecule has 0 spiro atoms. The minimum absolute atomic E-state index is 0.0975. The van der Waals surface area contributed by atoms with E-state index < -0.39 is 23.6 Å². The van der Waals surface area contributed by atoms with Gasteiger partial charge in [-0.3, -0.25) is 0 Å². The highest BCUT2D eigenvalue weighted by Gasteiger charge is 2.15. The second-order valence-electron chi connectivity index (χ2n) is 4.21. The fourth-order valence-electron chi connectivity index (χ4n) is 1.51. The van der Waals surface area contributed by atoms with Gasteiger partial charge in [0.1, 0.15) is 17.7 Å². The molecule has 0 bridgehead atoms.